The van der Waals surface area contributed by atoms with Crippen LogP contribution in [0.15, 0.2) is 24.3 Å². The van der Waals surface area contributed by atoms with Gasteiger partial charge in [-0.15, -0.1) is 0 Å². The minimum absolute atomic E-state index is 0.0492. The van der Waals surface area contributed by atoms with Gasteiger partial charge in [0.2, 0.25) is 0 Å². The minimum atomic E-state index is -0.206. The molecule has 5 nitrogen and oxygen atoms in total. The van der Waals surface area contributed by atoms with E-state index in [0.717, 1.165) is 45.6 Å². The topological polar surface area (TPSA) is 44.8 Å². The first-order valence-corrected chi connectivity index (χ1v) is 8.72. The van der Waals surface area contributed by atoms with Crippen molar-refractivity contribution >= 4 is 11.7 Å². The highest BCUT2D eigenvalue weighted by Gasteiger charge is 2.25. The molecule has 2 aliphatic rings. The number of nitrogens with one attached hydrogen (secondary N) is 1. The van der Waals surface area contributed by atoms with E-state index < -0.39 is 0 Å². The Morgan fingerprint density at radius 3 is 3.00 bits per heavy atom. The number of hydrogen-bond acceptors (Lipinski definition) is 3. The summed E-state index contributed by atoms with van der Waals surface area (Å²) >= 11 is 0. The van der Waals surface area contributed by atoms with Gasteiger partial charge in [-0.05, 0) is 31.4 Å². The van der Waals surface area contributed by atoms with E-state index in [2.05, 4.69) is 5.32 Å². The maximum Gasteiger partial charge on any atom is 0.317 e. The van der Waals surface area contributed by atoms with Gasteiger partial charge in [0.1, 0.15) is 5.82 Å². The lowest BCUT2D eigenvalue weighted by Gasteiger charge is -2.35. The molecule has 0 bridgehead atoms. The Bertz CT molecular complexity index is 563. The summed E-state index contributed by atoms with van der Waals surface area (Å²) in [6, 6.07) is 6.82. The standard InChI is InChI=1S/C18H26FN3O2/c1-21(11-14-8-10-24-13-14)18(23)20-15-5-4-9-22(12-15)17-7-3-2-6-16(17)19/h2-3,6-7,14-15H,4-5,8-13H2,1H3,(H,20,23)/t14-,15+/m1/s1. The van der Waals surface area contributed by atoms with Crippen LogP contribution in [0, 0.1) is 11.7 Å². The highest BCUT2D eigenvalue weighted by Crippen LogP contribution is 2.23. The summed E-state index contributed by atoms with van der Waals surface area (Å²) in [6.45, 7) is 3.72. The number of amides is 2. The number of hydrogen-bond donors (Lipinski definition) is 1. The van der Waals surface area contributed by atoms with E-state index >= 15 is 0 Å². The monoisotopic (exact) mass is 335 g/mol. The van der Waals surface area contributed by atoms with Crippen LogP contribution in [0.1, 0.15) is 19.3 Å². The molecule has 2 amide bonds. The summed E-state index contributed by atoms with van der Waals surface area (Å²) < 4.78 is 19.3. The van der Waals surface area contributed by atoms with Gasteiger partial charge in [0.25, 0.3) is 0 Å². The Morgan fingerprint density at radius 2 is 2.25 bits per heavy atom. The van der Waals surface area contributed by atoms with Crippen LogP contribution in [0.3, 0.4) is 0 Å². The maximum absolute atomic E-state index is 14.0. The Balaban J connectivity index is 1.53. The van der Waals surface area contributed by atoms with Crippen molar-refractivity contribution in [1.29, 1.82) is 0 Å². The molecular weight excluding hydrogens is 309 g/mol. The lowest BCUT2D eigenvalue weighted by molar-refractivity contribution is 0.170. The Morgan fingerprint density at radius 1 is 1.42 bits per heavy atom. The first kappa shape index (κ1) is 17.0. The number of halogens is 1. The third-order valence-corrected chi connectivity index (χ3v) is 4.84. The van der Waals surface area contributed by atoms with Crippen LogP contribution in [0.25, 0.3) is 0 Å². The van der Waals surface area contributed by atoms with Crippen LogP contribution >= 0.6 is 0 Å². The van der Waals surface area contributed by atoms with E-state index in [4.69, 9.17) is 4.74 Å². The molecule has 0 saturated carbocycles. The summed E-state index contributed by atoms with van der Waals surface area (Å²) in [5, 5.41) is 3.09. The summed E-state index contributed by atoms with van der Waals surface area (Å²) in [4.78, 5) is 16.2. The average molecular weight is 335 g/mol. The molecule has 3 rings (SSSR count). The number of carbonyl (C=O) groups excluding carboxylic acids is 1. The van der Waals surface area contributed by atoms with E-state index in [-0.39, 0.29) is 17.9 Å². The highest BCUT2D eigenvalue weighted by atomic mass is 19.1. The van der Waals surface area contributed by atoms with Crippen molar-refractivity contribution in [1.82, 2.24) is 10.2 Å². The summed E-state index contributed by atoms with van der Waals surface area (Å²) in [5.41, 5.74) is 0.618. The largest absolute Gasteiger partial charge is 0.381 e. The lowest BCUT2D eigenvalue weighted by Crippen LogP contribution is -2.51. The normalized spacial score (nSPS) is 24.0. The van der Waals surface area contributed by atoms with E-state index in [9.17, 15) is 9.18 Å². The molecule has 2 atom stereocenters. The van der Waals surface area contributed by atoms with Crippen molar-refractivity contribution < 1.29 is 13.9 Å². The molecule has 0 aliphatic carbocycles. The molecule has 1 N–H and O–H groups in total. The van der Waals surface area contributed by atoms with Crippen molar-refractivity contribution in [2.24, 2.45) is 5.92 Å². The van der Waals surface area contributed by atoms with Crippen molar-refractivity contribution in [2.45, 2.75) is 25.3 Å². The number of anilines is 1. The second-order valence-corrected chi connectivity index (χ2v) is 6.80. The van der Waals surface area contributed by atoms with Gasteiger partial charge < -0.3 is 19.9 Å². The molecule has 1 aromatic carbocycles. The zero-order valence-electron chi connectivity index (χ0n) is 14.2. The fourth-order valence-corrected chi connectivity index (χ4v) is 3.50. The van der Waals surface area contributed by atoms with Gasteiger partial charge >= 0.3 is 6.03 Å². The van der Waals surface area contributed by atoms with Crippen molar-refractivity contribution in [3.8, 4) is 0 Å². The molecule has 2 heterocycles. The second-order valence-electron chi connectivity index (χ2n) is 6.80. The van der Waals surface area contributed by atoms with Gasteiger partial charge in [-0.2, -0.15) is 0 Å². The van der Waals surface area contributed by atoms with Gasteiger partial charge in [0.15, 0.2) is 0 Å². The molecule has 0 aromatic heterocycles. The van der Waals surface area contributed by atoms with E-state index in [0.29, 0.717) is 18.2 Å². The molecule has 0 unspecified atom stereocenters. The fraction of sp³-hybridized carbons (Fsp3) is 0.611. The summed E-state index contributed by atoms with van der Waals surface area (Å²) in [7, 11) is 1.82. The number of benzene rings is 1. The number of rotatable bonds is 4. The highest BCUT2D eigenvalue weighted by molar-refractivity contribution is 5.74. The van der Waals surface area contributed by atoms with E-state index in [1.807, 2.05) is 18.0 Å². The summed E-state index contributed by atoms with van der Waals surface area (Å²) in [5.74, 6) is 0.227. The fourth-order valence-electron chi connectivity index (χ4n) is 3.50. The number of piperidine rings is 1. The third kappa shape index (κ3) is 4.17. The Kier molecular flexibility index (Phi) is 5.56. The third-order valence-electron chi connectivity index (χ3n) is 4.84. The number of nitrogens with zero attached hydrogens (tertiary/aromatic N) is 2. The van der Waals surface area contributed by atoms with Gasteiger partial charge in [-0.3, -0.25) is 0 Å². The number of para-hydroxylation sites is 1. The van der Waals surface area contributed by atoms with E-state index in [1.54, 1.807) is 17.0 Å². The molecule has 0 spiro atoms. The first-order valence-electron chi connectivity index (χ1n) is 8.72. The molecule has 0 radical (unpaired) electrons. The van der Waals surface area contributed by atoms with E-state index in [1.165, 1.54) is 6.07 Å². The lowest BCUT2D eigenvalue weighted by atomic mass is 10.0. The molecule has 2 fully saturated rings. The zero-order valence-corrected chi connectivity index (χ0v) is 14.2. The van der Waals surface area contributed by atoms with Crippen LogP contribution in [0.4, 0.5) is 14.9 Å². The molecular formula is C18H26FN3O2. The molecule has 2 aliphatic heterocycles. The number of carbonyl (C=O) groups is 1. The molecule has 24 heavy (non-hydrogen) atoms. The number of urea groups is 1. The van der Waals surface area contributed by atoms with Crippen molar-refractivity contribution in [3.63, 3.8) is 0 Å². The Labute approximate surface area is 142 Å². The molecule has 1 aromatic rings. The van der Waals surface area contributed by atoms with Crippen molar-refractivity contribution in [2.75, 3.05) is 44.8 Å². The van der Waals surface area contributed by atoms with Gasteiger partial charge in [0.05, 0.1) is 12.3 Å². The van der Waals surface area contributed by atoms with Crippen LogP contribution in [-0.2, 0) is 4.74 Å². The SMILES string of the molecule is CN(C[C@H]1CCOC1)C(=O)N[C@H]1CCCN(c2ccccc2F)C1. The van der Waals surface area contributed by atoms with Crippen LogP contribution in [-0.4, -0.2) is 56.9 Å². The molecule has 6 heteroatoms. The van der Waals surface area contributed by atoms with Gasteiger partial charge in [0, 0.05) is 45.2 Å². The second kappa shape index (κ2) is 7.83. The Hall–Kier alpha value is -1.82. The predicted molar refractivity (Wildman–Crippen MR) is 91.7 cm³/mol. The van der Waals surface area contributed by atoms with Crippen LogP contribution < -0.4 is 10.2 Å². The number of ether oxygens (including phenoxy) is 1. The van der Waals surface area contributed by atoms with Crippen molar-refractivity contribution in [3.05, 3.63) is 30.1 Å². The van der Waals surface area contributed by atoms with Crippen LogP contribution in [0.5, 0.6) is 0 Å². The zero-order chi connectivity index (χ0) is 16.9. The predicted octanol–water partition coefficient (Wildman–Crippen LogP) is 2.47. The van der Waals surface area contributed by atoms with Gasteiger partial charge in [-0.25, -0.2) is 9.18 Å². The average Bonchev–Trinajstić information content (AvgIpc) is 3.08. The summed E-state index contributed by atoms with van der Waals surface area (Å²) in [6.07, 6.45) is 2.89. The van der Waals surface area contributed by atoms with Gasteiger partial charge in [-0.1, -0.05) is 12.1 Å². The first-order chi connectivity index (χ1) is 11.6. The molecule has 132 valence electrons. The quantitative estimate of drug-likeness (QED) is 0.919. The smallest absolute Gasteiger partial charge is 0.317 e. The molecule has 2 saturated heterocycles. The minimum Gasteiger partial charge on any atom is -0.381 e. The van der Waals surface area contributed by atoms with Crippen LogP contribution in [0.2, 0.25) is 0 Å². The maximum atomic E-state index is 14.0.